The molecule has 2 aromatic carbocycles. The fourth-order valence-electron chi connectivity index (χ4n) is 2.65. The van der Waals surface area contributed by atoms with Crippen LogP contribution in [0.15, 0.2) is 46.9 Å². The Bertz CT molecular complexity index is 704. The van der Waals surface area contributed by atoms with E-state index >= 15 is 0 Å². The van der Waals surface area contributed by atoms with Crippen molar-refractivity contribution in [2.24, 2.45) is 0 Å². The number of carbonyl (C=O) groups is 1. The van der Waals surface area contributed by atoms with Crippen molar-refractivity contribution in [1.29, 1.82) is 0 Å². The van der Waals surface area contributed by atoms with E-state index in [0.29, 0.717) is 21.5 Å². The quantitative estimate of drug-likeness (QED) is 0.855. The van der Waals surface area contributed by atoms with Gasteiger partial charge in [-0.15, -0.1) is 0 Å². The second kappa shape index (κ2) is 5.79. The summed E-state index contributed by atoms with van der Waals surface area (Å²) < 4.78 is 0.671. The number of aliphatic hydroxyl groups excluding tert-OH is 1. The van der Waals surface area contributed by atoms with Crippen molar-refractivity contribution in [2.45, 2.75) is 18.6 Å². The smallest absolute Gasteiger partial charge is 0.253 e. The SMILES string of the molecule is O=C(N[C@@H]1c2ccccc2C[C@@H]1O)c1cccc(Br)c1Cl. The Labute approximate surface area is 136 Å². The van der Waals surface area contributed by atoms with Crippen molar-refractivity contribution in [3.05, 3.63) is 68.7 Å². The van der Waals surface area contributed by atoms with E-state index in [0.717, 1.165) is 11.1 Å². The van der Waals surface area contributed by atoms with Crippen LogP contribution in [0.2, 0.25) is 5.02 Å². The average Bonchev–Trinajstić information content (AvgIpc) is 2.78. The summed E-state index contributed by atoms with van der Waals surface area (Å²) in [6.45, 7) is 0. The normalized spacial score (nSPS) is 20.1. The minimum absolute atomic E-state index is 0.290. The molecule has 0 aliphatic heterocycles. The highest BCUT2D eigenvalue weighted by atomic mass is 79.9. The summed E-state index contributed by atoms with van der Waals surface area (Å²) >= 11 is 9.44. The van der Waals surface area contributed by atoms with Crippen LogP contribution in [-0.2, 0) is 6.42 Å². The van der Waals surface area contributed by atoms with E-state index < -0.39 is 12.1 Å². The van der Waals surface area contributed by atoms with Gasteiger partial charge in [-0.05, 0) is 39.2 Å². The van der Waals surface area contributed by atoms with E-state index in [2.05, 4.69) is 21.2 Å². The van der Waals surface area contributed by atoms with E-state index in [1.165, 1.54) is 0 Å². The highest BCUT2D eigenvalue weighted by Crippen LogP contribution is 2.32. The van der Waals surface area contributed by atoms with Crippen molar-refractivity contribution >= 4 is 33.4 Å². The lowest BCUT2D eigenvalue weighted by atomic mass is 10.1. The van der Waals surface area contributed by atoms with Crippen molar-refractivity contribution in [3.63, 3.8) is 0 Å². The molecule has 0 saturated heterocycles. The van der Waals surface area contributed by atoms with Crippen LogP contribution >= 0.6 is 27.5 Å². The fraction of sp³-hybridized carbons (Fsp3) is 0.188. The standard InChI is InChI=1S/C16H13BrClNO2/c17-12-7-3-6-11(14(12)18)16(21)19-15-10-5-2-1-4-9(10)8-13(15)20/h1-7,13,15,20H,8H2,(H,19,21)/t13-,15+/m0/s1. The lowest BCUT2D eigenvalue weighted by Gasteiger charge is -2.18. The van der Waals surface area contributed by atoms with Crippen LogP contribution in [0.3, 0.4) is 0 Å². The molecule has 0 radical (unpaired) electrons. The number of amides is 1. The lowest BCUT2D eigenvalue weighted by molar-refractivity contribution is 0.0858. The lowest BCUT2D eigenvalue weighted by Crippen LogP contribution is -2.34. The zero-order chi connectivity index (χ0) is 15.0. The number of hydrogen-bond acceptors (Lipinski definition) is 2. The zero-order valence-electron chi connectivity index (χ0n) is 11.0. The van der Waals surface area contributed by atoms with Gasteiger partial charge in [-0.1, -0.05) is 41.9 Å². The van der Waals surface area contributed by atoms with Crippen LogP contribution in [0.1, 0.15) is 27.5 Å². The molecule has 0 spiro atoms. The first-order chi connectivity index (χ1) is 10.1. The first-order valence-corrected chi connectivity index (χ1v) is 7.76. The van der Waals surface area contributed by atoms with E-state index in [1.54, 1.807) is 18.2 Å². The van der Waals surface area contributed by atoms with E-state index in [-0.39, 0.29) is 5.91 Å². The number of fused-ring (bicyclic) bond motifs is 1. The van der Waals surface area contributed by atoms with Crippen LogP contribution in [0.25, 0.3) is 0 Å². The molecule has 0 saturated carbocycles. The molecule has 2 N–H and O–H groups in total. The third kappa shape index (κ3) is 2.71. The molecular formula is C16H13BrClNO2. The van der Waals surface area contributed by atoms with E-state index in [1.807, 2.05) is 24.3 Å². The number of aliphatic hydroxyl groups is 1. The monoisotopic (exact) mass is 365 g/mol. The molecule has 3 nitrogen and oxygen atoms in total. The van der Waals surface area contributed by atoms with Crippen molar-refractivity contribution < 1.29 is 9.90 Å². The highest BCUT2D eigenvalue weighted by Gasteiger charge is 2.32. The van der Waals surface area contributed by atoms with Crippen molar-refractivity contribution in [2.75, 3.05) is 0 Å². The van der Waals surface area contributed by atoms with Crippen LogP contribution in [-0.4, -0.2) is 17.1 Å². The summed E-state index contributed by atoms with van der Waals surface area (Å²) in [7, 11) is 0. The van der Waals surface area contributed by atoms with E-state index in [9.17, 15) is 9.90 Å². The molecule has 0 heterocycles. The Morgan fingerprint density at radius 3 is 2.81 bits per heavy atom. The molecule has 1 aliphatic carbocycles. The summed E-state index contributed by atoms with van der Waals surface area (Å²) in [5, 5.41) is 13.4. The number of carbonyl (C=O) groups excluding carboxylic acids is 1. The Hall–Kier alpha value is -1.36. The van der Waals surface area contributed by atoms with Gasteiger partial charge in [0.05, 0.1) is 22.7 Å². The van der Waals surface area contributed by atoms with Gasteiger partial charge in [0.15, 0.2) is 0 Å². The summed E-state index contributed by atoms with van der Waals surface area (Å²) in [6.07, 6.45) is -0.0647. The summed E-state index contributed by atoms with van der Waals surface area (Å²) in [6, 6.07) is 12.5. The van der Waals surface area contributed by atoms with Crippen molar-refractivity contribution in [1.82, 2.24) is 5.32 Å². The topological polar surface area (TPSA) is 49.3 Å². The Morgan fingerprint density at radius 2 is 2.00 bits per heavy atom. The van der Waals surface area contributed by atoms with Crippen LogP contribution in [0, 0.1) is 0 Å². The molecule has 1 amide bonds. The van der Waals surface area contributed by atoms with E-state index in [4.69, 9.17) is 11.6 Å². The Balaban J connectivity index is 1.87. The van der Waals surface area contributed by atoms with Gasteiger partial charge in [0.2, 0.25) is 0 Å². The van der Waals surface area contributed by atoms with Gasteiger partial charge in [0, 0.05) is 10.9 Å². The summed E-state index contributed by atoms with van der Waals surface area (Å²) in [4.78, 5) is 12.4. The number of nitrogens with one attached hydrogen (secondary N) is 1. The molecule has 0 aromatic heterocycles. The number of benzene rings is 2. The average molecular weight is 367 g/mol. The first kappa shape index (κ1) is 14.6. The Morgan fingerprint density at radius 1 is 1.24 bits per heavy atom. The maximum Gasteiger partial charge on any atom is 0.253 e. The molecule has 3 rings (SSSR count). The van der Waals surface area contributed by atoms with Crippen LogP contribution in [0.4, 0.5) is 0 Å². The predicted molar refractivity (Wildman–Crippen MR) is 85.5 cm³/mol. The fourth-order valence-corrected chi connectivity index (χ4v) is 3.22. The second-order valence-corrected chi connectivity index (χ2v) is 6.26. The molecule has 21 heavy (non-hydrogen) atoms. The largest absolute Gasteiger partial charge is 0.390 e. The number of halogens is 2. The maximum atomic E-state index is 12.4. The van der Waals surface area contributed by atoms with Crippen LogP contribution in [0.5, 0.6) is 0 Å². The van der Waals surface area contributed by atoms with Crippen LogP contribution < -0.4 is 5.32 Å². The summed E-state index contributed by atoms with van der Waals surface area (Å²) in [5.41, 5.74) is 2.42. The van der Waals surface area contributed by atoms with Gasteiger partial charge in [-0.2, -0.15) is 0 Å². The molecule has 2 atom stereocenters. The number of hydrogen-bond donors (Lipinski definition) is 2. The van der Waals surface area contributed by atoms with Gasteiger partial charge < -0.3 is 10.4 Å². The maximum absolute atomic E-state index is 12.4. The third-order valence-electron chi connectivity index (χ3n) is 3.69. The zero-order valence-corrected chi connectivity index (χ0v) is 13.4. The molecule has 1 aliphatic rings. The highest BCUT2D eigenvalue weighted by molar-refractivity contribution is 9.10. The minimum Gasteiger partial charge on any atom is -0.390 e. The van der Waals surface area contributed by atoms with Gasteiger partial charge in [0.1, 0.15) is 0 Å². The Kier molecular flexibility index (Phi) is 4.02. The van der Waals surface area contributed by atoms with Gasteiger partial charge >= 0.3 is 0 Å². The summed E-state index contributed by atoms with van der Waals surface area (Å²) in [5.74, 6) is -0.290. The molecule has 0 fully saturated rings. The second-order valence-electron chi connectivity index (χ2n) is 5.02. The predicted octanol–water partition coefficient (Wildman–Crippen LogP) is 3.49. The molecule has 2 aromatic rings. The molecule has 5 heteroatoms. The van der Waals surface area contributed by atoms with Gasteiger partial charge in [-0.25, -0.2) is 0 Å². The van der Waals surface area contributed by atoms with Gasteiger partial charge in [0.25, 0.3) is 5.91 Å². The molecule has 108 valence electrons. The molecular weight excluding hydrogens is 354 g/mol. The molecule has 0 unspecified atom stereocenters. The third-order valence-corrected chi connectivity index (χ3v) is 4.98. The minimum atomic E-state index is -0.614. The van der Waals surface area contributed by atoms with Gasteiger partial charge in [-0.3, -0.25) is 4.79 Å². The molecule has 0 bridgehead atoms. The first-order valence-electron chi connectivity index (χ1n) is 6.58. The van der Waals surface area contributed by atoms with Crippen molar-refractivity contribution in [3.8, 4) is 0 Å². The number of rotatable bonds is 2.